The number of hydrogen-bond donors (Lipinski definition) is 1. The maximum atomic E-state index is 8.86. The van der Waals surface area contributed by atoms with E-state index < -0.39 is 0 Å². The summed E-state index contributed by atoms with van der Waals surface area (Å²) in [6, 6.07) is 0. The lowest BCUT2D eigenvalue weighted by Gasteiger charge is -2.07. The second kappa shape index (κ2) is 2.23. The molecule has 2 heteroatoms. The zero-order chi connectivity index (χ0) is 5.98. The predicted molar refractivity (Wildman–Crippen MR) is 34.1 cm³/mol. The van der Waals surface area contributed by atoms with Crippen LogP contribution in [0.1, 0.15) is 6.42 Å². The molecule has 1 rings (SSSR count). The van der Waals surface area contributed by atoms with Gasteiger partial charge in [0.1, 0.15) is 5.76 Å². The van der Waals surface area contributed by atoms with Crippen LogP contribution in [0, 0.1) is 0 Å². The van der Waals surface area contributed by atoms with E-state index >= 15 is 0 Å². The molecule has 0 aliphatic heterocycles. The number of halogens is 1. The van der Waals surface area contributed by atoms with Gasteiger partial charge in [0.15, 0.2) is 0 Å². The molecule has 0 saturated carbocycles. The molecule has 0 aromatic heterocycles. The number of hydrogen-bond acceptors (Lipinski definition) is 1. The van der Waals surface area contributed by atoms with Crippen LogP contribution >= 0.6 is 11.6 Å². The molecule has 0 amide bonds. The number of allylic oxidation sites excluding steroid dienone is 4. The zero-order valence-electron chi connectivity index (χ0n) is 4.34. The minimum atomic E-state index is -0.194. The van der Waals surface area contributed by atoms with E-state index in [-0.39, 0.29) is 11.1 Å². The highest BCUT2D eigenvalue weighted by Crippen LogP contribution is 2.15. The molecule has 0 radical (unpaired) electrons. The fraction of sp³-hybridized carbons (Fsp3) is 0.333. The maximum Gasteiger partial charge on any atom is 0.110 e. The number of aliphatic hydroxyl groups is 1. The molecule has 1 nitrogen and oxygen atoms in total. The van der Waals surface area contributed by atoms with Crippen molar-refractivity contribution in [3.8, 4) is 0 Å². The Morgan fingerprint density at radius 2 is 2.50 bits per heavy atom. The second-order valence-corrected chi connectivity index (χ2v) is 2.25. The van der Waals surface area contributed by atoms with Crippen LogP contribution in [0.4, 0.5) is 0 Å². The molecular formula is C6H7ClO. The van der Waals surface area contributed by atoms with Crippen LogP contribution in [0.3, 0.4) is 0 Å². The van der Waals surface area contributed by atoms with Crippen LogP contribution in [0.15, 0.2) is 24.0 Å². The van der Waals surface area contributed by atoms with Crippen LogP contribution in [-0.4, -0.2) is 10.5 Å². The average Bonchev–Trinajstić information content (AvgIpc) is 1.77. The van der Waals surface area contributed by atoms with Gasteiger partial charge >= 0.3 is 0 Å². The Morgan fingerprint density at radius 1 is 1.75 bits per heavy atom. The highest BCUT2D eigenvalue weighted by molar-refractivity contribution is 6.22. The molecule has 0 fully saturated rings. The molecule has 1 N–H and O–H groups in total. The van der Waals surface area contributed by atoms with E-state index in [1.807, 2.05) is 6.08 Å². The summed E-state index contributed by atoms with van der Waals surface area (Å²) in [5.74, 6) is 0.272. The molecule has 1 aliphatic carbocycles. The van der Waals surface area contributed by atoms with Crippen molar-refractivity contribution in [2.24, 2.45) is 0 Å². The molecule has 0 heterocycles. The summed E-state index contributed by atoms with van der Waals surface area (Å²) in [6.07, 6.45) is 6.08. The summed E-state index contributed by atoms with van der Waals surface area (Å²) in [4.78, 5) is 0. The van der Waals surface area contributed by atoms with E-state index in [2.05, 4.69) is 0 Å². The van der Waals surface area contributed by atoms with Crippen LogP contribution < -0.4 is 0 Å². The quantitative estimate of drug-likeness (QED) is 0.498. The van der Waals surface area contributed by atoms with Crippen LogP contribution in [0.25, 0.3) is 0 Å². The van der Waals surface area contributed by atoms with Gasteiger partial charge in [-0.25, -0.2) is 0 Å². The highest BCUT2D eigenvalue weighted by Gasteiger charge is 2.08. The lowest BCUT2D eigenvalue weighted by Crippen LogP contribution is -2.02. The molecular weight excluding hydrogens is 124 g/mol. The first-order valence-electron chi connectivity index (χ1n) is 2.50. The summed E-state index contributed by atoms with van der Waals surface area (Å²) in [5, 5.41) is 8.66. The summed E-state index contributed by atoms with van der Waals surface area (Å²) in [5.41, 5.74) is 0. The molecule has 1 atom stereocenters. The summed E-state index contributed by atoms with van der Waals surface area (Å²) in [6.45, 7) is 0. The monoisotopic (exact) mass is 130 g/mol. The molecule has 0 aromatic rings. The van der Waals surface area contributed by atoms with E-state index in [1.165, 1.54) is 0 Å². The minimum absolute atomic E-state index is 0.194. The summed E-state index contributed by atoms with van der Waals surface area (Å²) >= 11 is 5.60. The van der Waals surface area contributed by atoms with Gasteiger partial charge in [-0.15, -0.1) is 11.6 Å². The fourth-order valence-corrected chi connectivity index (χ4v) is 0.765. The van der Waals surface area contributed by atoms with Gasteiger partial charge in [-0.2, -0.15) is 0 Å². The third-order valence-corrected chi connectivity index (χ3v) is 1.47. The predicted octanol–water partition coefficient (Wildman–Crippen LogP) is 2.00. The van der Waals surface area contributed by atoms with Gasteiger partial charge in [0.05, 0.1) is 5.38 Å². The lowest BCUT2D eigenvalue weighted by molar-refractivity contribution is 0.390. The maximum absolute atomic E-state index is 8.86. The van der Waals surface area contributed by atoms with E-state index in [1.54, 1.807) is 12.2 Å². The first-order chi connectivity index (χ1) is 3.80. The van der Waals surface area contributed by atoms with Crippen molar-refractivity contribution in [2.75, 3.05) is 0 Å². The summed E-state index contributed by atoms with van der Waals surface area (Å²) < 4.78 is 0. The normalized spacial score (nSPS) is 27.6. The highest BCUT2D eigenvalue weighted by atomic mass is 35.5. The first kappa shape index (κ1) is 5.70. The van der Waals surface area contributed by atoms with Gasteiger partial charge in [0.2, 0.25) is 0 Å². The molecule has 1 aliphatic rings. The Morgan fingerprint density at radius 3 is 2.88 bits per heavy atom. The number of rotatable bonds is 0. The van der Waals surface area contributed by atoms with Crippen molar-refractivity contribution >= 4 is 11.6 Å². The molecule has 0 aromatic carbocycles. The molecule has 0 spiro atoms. The van der Waals surface area contributed by atoms with Gasteiger partial charge in [-0.1, -0.05) is 12.2 Å². The van der Waals surface area contributed by atoms with E-state index in [9.17, 15) is 0 Å². The second-order valence-electron chi connectivity index (χ2n) is 1.72. The Kier molecular flexibility index (Phi) is 1.59. The topological polar surface area (TPSA) is 20.2 Å². The van der Waals surface area contributed by atoms with E-state index in [0.29, 0.717) is 0 Å². The third-order valence-electron chi connectivity index (χ3n) is 1.07. The third kappa shape index (κ3) is 1.04. The first-order valence-corrected chi connectivity index (χ1v) is 2.94. The van der Waals surface area contributed by atoms with Gasteiger partial charge in [0, 0.05) is 0 Å². The van der Waals surface area contributed by atoms with Gasteiger partial charge in [-0.05, 0) is 12.5 Å². The van der Waals surface area contributed by atoms with Crippen LogP contribution in [0.2, 0.25) is 0 Å². The Labute approximate surface area is 53.3 Å². The standard InChI is InChI=1S/C6H7ClO/c7-5-3-1-2-4-6(5)8/h1-2,4-5,8H,3H2. The molecule has 1 unspecified atom stereocenters. The average molecular weight is 131 g/mol. The number of alkyl halides is 1. The van der Waals surface area contributed by atoms with Crippen molar-refractivity contribution in [1.29, 1.82) is 0 Å². The van der Waals surface area contributed by atoms with Crippen molar-refractivity contribution < 1.29 is 5.11 Å². The van der Waals surface area contributed by atoms with Crippen molar-refractivity contribution in [1.82, 2.24) is 0 Å². The van der Waals surface area contributed by atoms with Crippen LogP contribution in [0.5, 0.6) is 0 Å². The largest absolute Gasteiger partial charge is 0.511 e. The zero-order valence-corrected chi connectivity index (χ0v) is 5.10. The Balaban J connectivity index is 2.66. The van der Waals surface area contributed by atoms with Gasteiger partial charge in [0.25, 0.3) is 0 Å². The Bertz CT molecular complexity index is 137. The minimum Gasteiger partial charge on any atom is -0.511 e. The molecule has 0 bridgehead atoms. The lowest BCUT2D eigenvalue weighted by atomic mass is 10.2. The smallest absolute Gasteiger partial charge is 0.110 e. The van der Waals surface area contributed by atoms with Crippen molar-refractivity contribution in [3.63, 3.8) is 0 Å². The molecule has 8 heavy (non-hydrogen) atoms. The van der Waals surface area contributed by atoms with Gasteiger partial charge in [-0.3, -0.25) is 0 Å². The van der Waals surface area contributed by atoms with Crippen LogP contribution in [-0.2, 0) is 0 Å². The van der Waals surface area contributed by atoms with E-state index in [4.69, 9.17) is 16.7 Å². The van der Waals surface area contributed by atoms with Crippen molar-refractivity contribution in [2.45, 2.75) is 11.8 Å². The van der Waals surface area contributed by atoms with Crippen molar-refractivity contribution in [3.05, 3.63) is 24.0 Å². The fourth-order valence-electron chi connectivity index (χ4n) is 0.590. The summed E-state index contributed by atoms with van der Waals surface area (Å²) in [7, 11) is 0. The molecule has 44 valence electrons. The molecule has 0 saturated heterocycles. The SMILES string of the molecule is OC1=CC=CCC1Cl. The van der Waals surface area contributed by atoms with E-state index in [0.717, 1.165) is 6.42 Å². The van der Waals surface area contributed by atoms with Gasteiger partial charge < -0.3 is 5.11 Å². The number of aliphatic hydroxyl groups excluding tert-OH is 1. The Hall–Kier alpha value is -0.430.